The van der Waals surface area contributed by atoms with Crippen LogP contribution in [0.15, 0.2) is 146 Å². The van der Waals surface area contributed by atoms with Gasteiger partial charge in [0.1, 0.15) is 17.4 Å². The van der Waals surface area contributed by atoms with Gasteiger partial charge in [-0.2, -0.15) is 9.56 Å². The predicted molar refractivity (Wildman–Crippen MR) is 206 cm³/mol. The minimum atomic E-state index is -0.142. The molecule has 0 saturated carbocycles. The molecule has 4 aliphatic rings. The molecule has 4 heterocycles. The van der Waals surface area contributed by atoms with Gasteiger partial charge in [-0.25, -0.2) is 0 Å². The van der Waals surface area contributed by atoms with E-state index in [1.165, 1.54) is 38.8 Å². The van der Waals surface area contributed by atoms with E-state index >= 15 is 0 Å². The predicted octanol–water partition coefficient (Wildman–Crippen LogP) is 9.82. The van der Waals surface area contributed by atoms with Crippen molar-refractivity contribution in [3.63, 3.8) is 0 Å². The molecule has 0 fully saturated rings. The molecule has 0 bridgehead atoms. The average molecular weight is 656 g/mol. The van der Waals surface area contributed by atoms with Gasteiger partial charge in [-0.15, -0.1) is 0 Å². The molecule has 0 spiro atoms. The van der Waals surface area contributed by atoms with Gasteiger partial charge >= 0.3 is 5.95 Å². The quantitative estimate of drug-likeness (QED) is 0.177. The average Bonchev–Trinajstić information content (AvgIpc) is 3.42. The number of para-hydroxylation sites is 2. The zero-order chi connectivity index (χ0) is 33.8. The first-order valence-electron chi connectivity index (χ1n) is 17.4. The summed E-state index contributed by atoms with van der Waals surface area (Å²) in [7, 11) is 0. The zero-order valence-corrected chi connectivity index (χ0v) is 28.1. The lowest BCUT2D eigenvalue weighted by Gasteiger charge is -2.44. The number of hydrogen-bond donors (Lipinski definition) is 0. The van der Waals surface area contributed by atoms with Crippen LogP contribution in [0, 0.1) is 0 Å². The highest BCUT2D eigenvalue weighted by atomic mass is 15.3. The second-order valence-corrected chi connectivity index (χ2v) is 14.1. The van der Waals surface area contributed by atoms with Gasteiger partial charge in [-0.3, -0.25) is 4.98 Å². The summed E-state index contributed by atoms with van der Waals surface area (Å²) in [6, 6.07) is 42.6. The summed E-state index contributed by atoms with van der Waals surface area (Å²) in [5, 5.41) is 1.18. The van der Waals surface area contributed by atoms with Crippen molar-refractivity contribution in [2.45, 2.75) is 25.3 Å². The number of aromatic nitrogens is 4. The highest BCUT2D eigenvalue weighted by molar-refractivity contribution is 6.22. The molecule has 2 aromatic heterocycles. The van der Waals surface area contributed by atoms with Crippen molar-refractivity contribution in [3.8, 4) is 33.9 Å². The van der Waals surface area contributed by atoms with Crippen LogP contribution in [-0.2, 0) is 5.41 Å². The lowest BCUT2D eigenvalue weighted by Crippen LogP contribution is -2.48. The van der Waals surface area contributed by atoms with Crippen LogP contribution in [0.4, 0.5) is 23.0 Å². The highest BCUT2D eigenvalue weighted by Gasteiger charge is 2.45. The first kappa shape index (κ1) is 28.3. The van der Waals surface area contributed by atoms with E-state index in [1.807, 2.05) is 24.4 Å². The third kappa shape index (κ3) is 3.84. The van der Waals surface area contributed by atoms with Gasteiger partial charge in [0.25, 0.3) is 0 Å². The standard InChI is InChI=1S/C45H31N6/c1-45(2)32-18-7-6-15-30(32)39-31(17-10-19-33(39)45)43-47-42(27-13-4-3-5-14-27)48-44(49-43)51-36-22-9-8-21-35(36)50-37-23-12-20-34-40(37)28(25-26-46-34)29-16-11-24-38(51)41(29)50/h3-26,41H,1-2H3/q+1. The number of allylic oxidation sites excluding steroid dienone is 2. The van der Waals surface area contributed by atoms with E-state index in [-0.39, 0.29) is 11.5 Å². The smallest absolute Gasteiger partial charge is 0.323 e. The summed E-state index contributed by atoms with van der Waals surface area (Å²) in [5.41, 5.74) is 14.6. The third-order valence-electron chi connectivity index (χ3n) is 11.0. The molecule has 0 N–H and O–H groups in total. The Balaban J connectivity index is 1.20. The molecule has 11 rings (SSSR count). The first-order chi connectivity index (χ1) is 25.1. The van der Waals surface area contributed by atoms with Gasteiger partial charge in [-0.05, 0) is 98.0 Å². The number of benzene rings is 5. The Morgan fingerprint density at radius 1 is 0.647 bits per heavy atom. The summed E-state index contributed by atoms with van der Waals surface area (Å²) in [6.07, 6.45) is 8.54. The molecule has 0 saturated heterocycles. The van der Waals surface area contributed by atoms with E-state index in [9.17, 15) is 0 Å². The number of nitrogens with zero attached hydrogens (tertiary/aromatic N) is 6. The second-order valence-electron chi connectivity index (χ2n) is 14.1. The molecular formula is C45H31N6+. The molecule has 5 aromatic carbocycles. The number of pyridine rings is 1. The van der Waals surface area contributed by atoms with Crippen LogP contribution in [0.5, 0.6) is 0 Å². The van der Waals surface area contributed by atoms with Crippen molar-refractivity contribution in [2.24, 2.45) is 0 Å². The fourth-order valence-electron chi connectivity index (χ4n) is 8.80. The summed E-state index contributed by atoms with van der Waals surface area (Å²) >= 11 is 0. The molecule has 1 unspecified atom stereocenters. The van der Waals surface area contributed by atoms with E-state index in [1.54, 1.807) is 0 Å². The van der Waals surface area contributed by atoms with Gasteiger partial charge in [0.2, 0.25) is 11.6 Å². The Kier molecular flexibility index (Phi) is 5.69. The van der Waals surface area contributed by atoms with Crippen LogP contribution in [0.2, 0.25) is 0 Å². The minimum absolute atomic E-state index is 0.0839. The molecule has 6 heteroatoms. The third-order valence-corrected chi connectivity index (χ3v) is 11.0. The van der Waals surface area contributed by atoms with Crippen molar-refractivity contribution in [3.05, 3.63) is 162 Å². The van der Waals surface area contributed by atoms with Crippen LogP contribution in [0.3, 0.4) is 0 Å². The number of anilines is 2. The molecular weight excluding hydrogens is 625 g/mol. The van der Waals surface area contributed by atoms with E-state index in [2.05, 4.69) is 145 Å². The highest BCUT2D eigenvalue weighted by Crippen LogP contribution is 2.53. The Hall–Kier alpha value is -6.53. The molecule has 1 atom stereocenters. The summed E-state index contributed by atoms with van der Waals surface area (Å²) in [4.78, 5) is 23.2. The molecule has 2 aliphatic carbocycles. The SMILES string of the molecule is CC1(C)c2ccccc2-c2c(-c3nc(-c4ccccc4)nc([N+]4=C5C=CC=C6c7ccnc8cccc(c78)N(c7ccccc74)C65)n3)cccc21. The van der Waals surface area contributed by atoms with Crippen LogP contribution in [-0.4, -0.2) is 31.7 Å². The number of hydrogen-bond acceptors (Lipinski definition) is 5. The van der Waals surface area contributed by atoms with Crippen LogP contribution in [0.25, 0.3) is 50.4 Å². The minimum Gasteiger partial charge on any atom is -0.323 e. The van der Waals surface area contributed by atoms with Gasteiger partial charge < -0.3 is 4.90 Å². The monoisotopic (exact) mass is 655 g/mol. The van der Waals surface area contributed by atoms with E-state index in [4.69, 9.17) is 19.9 Å². The van der Waals surface area contributed by atoms with Gasteiger partial charge in [-0.1, -0.05) is 98.8 Å². The van der Waals surface area contributed by atoms with Crippen molar-refractivity contribution >= 4 is 45.2 Å². The van der Waals surface area contributed by atoms with Crippen LogP contribution >= 0.6 is 0 Å². The first-order valence-corrected chi connectivity index (χ1v) is 17.4. The van der Waals surface area contributed by atoms with Crippen LogP contribution in [0.1, 0.15) is 30.5 Å². The van der Waals surface area contributed by atoms with Gasteiger partial charge in [0.15, 0.2) is 0 Å². The van der Waals surface area contributed by atoms with Gasteiger partial charge in [0.05, 0.1) is 16.9 Å². The van der Waals surface area contributed by atoms with Crippen molar-refractivity contribution in [2.75, 3.05) is 4.90 Å². The molecule has 2 aliphatic heterocycles. The van der Waals surface area contributed by atoms with Crippen LogP contribution < -0.4 is 9.48 Å². The number of rotatable bonds is 3. The van der Waals surface area contributed by atoms with Crippen molar-refractivity contribution in [1.82, 2.24) is 24.5 Å². The second kappa shape index (κ2) is 10.2. The molecule has 0 radical (unpaired) electrons. The van der Waals surface area contributed by atoms with Crippen molar-refractivity contribution in [1.29, 1.82) is 0 Å². The molecule has 51 heavy (non-hydrogen) atoms. The summed E-state index contributed by atoms with van der Waals surface area (Å²) < 4.78 is 2.25. The Morgan fingerprint density at radius 3 is 2.31 bits per heavy atom. The maximum absolute atomic E-state index is 5.42. The largest absolute Gasteiger partial charge is 0.442 e. The lowest BCUT2D eigenvalue weighted by atomic mass is 9.82. The molecule has 240 valence electrons. The Bertz CT molecular complexity index is 2730. The van der Waals surface area contributed by atoms with E-state index < -0.39 is 0 Å². The molecule has 0 amide bonds. The molecule has 7 aromatic rings. The lowest BCUT2D eigenvalue weighted by molar-refractivity contribution is 0.660. The number of fused-ring (bicyclic) bond motifs is 7. The fourth-order valence-corrected chi connectivity index (χ4v) is 8.80. The summed E-state index contributed by atoms with van der Waals surface area (Å²) in [5.74, 6) is 1.89. The maximum Gasteiger partial charge on any atom is 0.442 e. The van der Waals surface area contributed by atoms with Crippen molar-refractivity contribution < 1.29 is 0 Å². The fraction of sp³-hybridized carbons (Fsp3) is 0.0889. The van der Waals surface area contributed by atoms with E-state index in [0.717, 1.165) is 39.4 Å². The Labute approximate surface area is 295 Å². The maximum atomic E-state index is 5.42. The topological polar surface area (TPSA) is 57.8 Å². The zero-order valence-electron chi connectivity index (χ0n) is 28.1. The summed E-state index contributed by atoms with van der Waals surface area (Å²) in [6.45, 7) is 4.62. The normalized spacial score (nSPS) is 17.1. The Morgan fingerprint density at radius 2 is 1.39 bits per heavy atom. The van der Waals surface area contributed by atoms with Gasteiger partial charge in [0, 0.05) is 28.1 Å². The molecule has 6 nitrogen and oxygen atoms in total. The van der Waals surface area contributed by atoms with E-state index in [0.29, 0.717) is 17.6 Å².